The van der Waals surface area contributed by atoms with Gasteiger partial charge in [0.15, 0.2) is 0 Å². The molecule has 0 saturated heterocycles. The lowest BCUT2D eigenvalue weighted by molar-refractivity contribution is 1.07. The maximum atomic E-state index is 2.24. The molecule has 0 saturated carbocycles. The van der Waals surface area contributed by atoms with Gasteiger partial charge in [-0.15, -0.1) is 0 Å². The highest BCUT2D eigenvalue weighted by molar-refractivity contribution is 6.35. The number of rotatable bonds is 6. The number of hydrogen-bond acceptors (Lipinski definition) is 0. The summed E-state index contributed by atoms with van der Waals surface area (Å²) >= 11 is 0. The summed E-state index contributed by atoms with van der Waals surface area (Å²) in [5, 5.41) is 0. The van der Waals surface area contributed by atoms with E-state index >= 15 is 0 Å². The summed E-state index contributed by atoms with van der Waals surface area (Å²) in [6.07, 6.45) is 2.56. The average molecular weight is 240 g/mol. The molecule has 2 aromatic rings. The van der Waals surface area contributed by atoms with Crippen molar-refractivity contribution in [1.82, 2.24) is 0 Å². The maximum Gasteiger partial charge on any atom is 0.0204 e. The van der Waals surface area contributed by atoms with E-state index in [4.69, 9.17) is 0 Å². The van der Waals surface area contributed by atoms with Gasteiger partial charge >= 0.3 is 0 Å². The second-order valence-electron chi connectivity index (χ2n) is 4.53. The van der Waals surface area contributed by atoms with Gasteiger partial charge in [-0.25, -0.2) is 0 Å². The van der Waals surface area contributed by atoms with Crippen LogP contribution in [0.3, 0.4) is 0 Å². The van der Waals surface area contributed by atoms with Crippen LogP contribution in [0.1, 0.15) is 11.1 Å². The van der Waals surface area contributed by atoms with Crippen LogP contribution in [0.15, 0.2) is 60.7 Å². The topological polar surface area (TPSA) is 0 Å². The highest BCUT2D eigenvalue weighted by atomic mass is 28.2. The minimum atomic E-state index is 0.124. The molecule has 0 N–H and O–H groups in total. The minimum Gasteiger partial charge on any atom is -0.0622 e. The molecule has 0 aliphatic rings. The van der Waals surface area contributed by atoms with Crippen LogP contribution < -0.4 is 0 Å². The lowest BCUT2D eigenvalue weighted by Gasteiger charge is -2.02. The van der Waals surface area contributed by atoms with E-state index in [0.717, 1.165) is 0 Å². The van der Waals surface area contributed by atoms with Crippen molar-refractivity contribution in [1.29, 1.82) is 0 Å². The molecule has 0 amide bonds. The Kier molecular flexibility index (Phi) is 5.05. The zero-order valence-electron chi connectivity index (χ0n) is 10.3. The summed E-state index contributed by atoms with van der Waals surface area (Å²) in [6, 6.07) is 24.6. The second kappa shape index (κ2) is 7.07. The zero-order chi connectivity index (χ0) is 11.8. The third kappa shape index (κ3) is 4.57. The Morgan fingerprint density at radius 1 is 0.588 bits per heavy atom. The predicted molar refractivity (Wildman–Crippen MR) is 78.5 cm³/mol. The monoisotopic (exact) mass is 240 g/mol. The Bertz CT molecular complexity index is 367. The molecule has 0 aliphatic heterocycles. The molecule has 0 aliphatic carbocycles. The fourth-order valence-corrected chi connectivity index (χ4v) is 3.79. The molecule has 17 heavy (non-hydrogen) atoms. The van der Waals surface area contributed by atoms with Crippen molar-refractivity contribution >= 4 is 9.52 Å². The van der Waals surface area contributed by atoms with E-state index in [2.05, 4.69) is 60.7 Å². The SMILES string of the molecule is c1ccc(CC[SiH2]CCc2ccccc2)cc1. The van der Waals surface area contributed by atoms with Crippen molar-refractivity contribution in [3.63, 3.8) is 0 Å². The van der Waals surface area contributed by atoms with Gasteiger partial charge in [0.1, 0.15) is 0 Å². The molecule has 0 spiro atoms. The van der Waals surface area contributed by atoms with Gasteiger partial charge in [-0.05, 0) is 24.0 Å². The molecule has 0 unspecified atom stereocenters. The lowest BCUT2D eigenvalue weighted by atomic mass is 10.2. The van der Waals surface area contributed by atoms with E-state index in [-0.39, 0.29) is 9.52 Å². The Hall–Kier alpha value is -1.34. The van der Waals surface area contributed by atoms with Crippen molar-refractivity contribution in [3.8, 4) is 0 Å². The normalized spacial score (nSPS) is 10.4. The van der Waals surface area contributed by atoms with Crippen LogP contribution in [0.2, 0.25) is 12.1 Å². The molecule has 0 bridgehead atoms. The molecule has 2 aromatic carbocycles. The van der Waals surface area contributed by atoms with Crippen LogP contribution in [0.5, 0.6) is 0 Å². The summed E-state index contributed by atoms with van der Waals surface area (Å²) in [5.74, 6) is 0. The largest absolute Gasteiger partial charge is 0.0622 e. The first kappa shape index (κ1) is 12.1. The number of hydrogen-bond donors (Lipinski definition) is 0. The first-order valence-electron chi connectivity index (χ1n) is 6.53. The van der Waals surface area contributed by atoms with E-state index in [1.807, 2.05) is 0 Å². The van der Waals surface area contributed by atoms with Crippen molar-refractivity contribution in [2.75, 3.05) is 0 Å². The Morgan fingerprint density at radius 2 is 1.00 bits per heavy atom. The molecule has 0 nitrogen and oxygen atoms in total. The Balaban J connectivity index is 1.61. The van der Waals surface area contributed by atoms with Crippen LogP contribution in [0, 0.1) is 0 Å². The molecule has 0 atom stereocenters. The Labute approximate surface area is 107 Å². The van der Waals surface area contributed by atoms with Crippen molar-refractivity contribution in [2.24, 2.45) is 0 Å². The minimum absolute atomic E-state index is 0.124. The van der Waals surface area contributed by atoms with Crippen LogP contribution in [-0.4, -0.2) is 9.52 Å². The molecular formula is C16H20Si. The number of benzene rings is 2. The van der Waals surface area contributed by atoms with Gasteiger partial charge in [-0.3, -0.25) is 0 Å². The Morgan fingerprint density at radius 3 is 1.41 bits per heavy atom. The number of aryl methyl sites for hydroxylation is 2. The van der Waals surface area contributed by atoms with Gasteiger partial charge in [0.05, 0.1) is 0 Å². The zero-order valence-corrected chi connectivity index (χ0v) is 11.7. The quantitative estimate of drug-likeness (QED) is 0.536. The third-order valence-electron chi connectivity index (χ3n) is 3.12. The van der Waals surface area contributed by atoms with Crippen molar-refractivity contribution < 1.29 is 0 Å². The van der Waals surface area contributed by atoms with Gasteiger partial charge < -0.3 is 0 Å². The van der Waals surface area contributed by atoms with E-state index < -0.39 is 0 Å². The van der Waals surface area contributed by atoms with E-state index in [9.17, 15) is 0 Å². The average Bonchev–Trinajstić information content (AvgIpc) is 2.41. The van der Waals surface area contributed by atoms with Gasteiger partial charge in [-0.1, -0.05) is 72.8 Å². The molecule has 2 rings (SSSR count). The highest BCUT2D eigenvalue weighted by Gasteiger charge is 1.95. The summed E-state index contributed by atoms with van der Waals surface area (Å²) in [7, 11) is 0.124. The first-order chi connectivity index (χ1) is 8.45. The van der Waals surface area contributed by atoms with Crippen molar-refractivity contribution in [3.05, 3.63) is 71.8 Å². The van der Waals surface area contributed by atoms with Crippen LogP contribution in [0.4, 0.5) is 0 Å². The fraction of sp³-hybridized carbons (Fsp3) is 0.250. The van der Waals surface area contributed by atoms with Crippen LogP contribution >= 0.6 is 0 Å². The summed E-state index contributed by atoms with van der Waals surface area (Å²) in [4.78, 5) is 0. The van der Waals surface area contributed by atoms with E-state index in [0.29, 0.717) is 0 Å². The summed E-state index contributed by atoms with van der Waals surface area (Å²) in [6.45, 7) is 0. The highest BCUT2D eigenvalue weighted by Crippen LogP contribution is 2.06. The van der Waals surface area contributed by atoms with Crippen LogP contribution in [0.25, 0.3) is 0 Å². The van der Waals surface area contributed by atoms with Crippen LogP contribution in [-0.2, 0) is 12.8 Å². The third-order valence-corrected chi connectivity index (χ3v) is 4.82. The molecule has 0 aromatic heterocycles. The van der Waals surface area contributed by atoms with Gasteiger partial charge in [-0.2, -0.15) is 0 Å². The maximum absolute atomic E-state index is 2.24. The van der Waals surface area contributed by atoms with E-state index in [1.165, 1.54) is 36.1 Å². The predicted octanol–water partition coefficient (Wildman–Crippen LogP) is 3.48. The second-order valence-corrected chi connectivity index (χ2v) is 6.65. The molecule has 0 fully saturated rings. The molecular weight excluding hydrogens is 220 g/mol. The molecule has 0 radical (unpaired) electrons. The van der Waals surface area contributed by atoms with Gasteiger partial charge in [0, 0.05) is 9.52 Å². The fourth-order valence-electron chi connectivity index (χ4n) is 2.12. The molecule has 1 heteroatoms. The smallest absolute Gasteiger partial charge is 0.0204 e. The van der Waals surface area contributed by atoms with Gasteiger partial charge in [0.25, 0.3) is 0 Å². The van der Waals surface area contributed by atoms with Gasteiger partial charge in [0.2, 0.25) is 0 Å². The molecule has 88 valence electrons. The van der Waals surface area contributed by atoms with E-state index in [1.54, 1.807) is 0 Å². The molecule has 0 heterocycles. The van der Waals surface area contributed by atoms with Crippen molar-refractivity contribution in [2.45, 2.75) is 24.9 Å². The summed E-state index contributed by atoms with van der Waals surface area (Å²) < 4.78 is 0. The standard InChI is InChI=1S/C16H20Si/c1-3-7-15(8-4-1)11-13-17-14-12-16-9-5-2-6-10-16/h1-10H,11-14,17H2. The first-order valence-corrected chi connectivity index (χ1v) is 8.53. The lowest BCUT2D eigenvalue weighted by Crippen LogP contribution is -1.95. The summed E-state index contributed by atoms with van der Waals surface area (Å²) in [5.41, 5.74) is 3.00.